The van der Waals surface area contributed by atoms with E-state index < -0.39 is 0 Å². The molecule has 2 aromatic heterocycles. The van der Waals surface area contributed by atoms with Gasteiger partial charge in [-0.05, 0) is 18.6 Å². The van der Waals surface area contributed by atoms with Gasteiger partial charge in [-0.2, -0.15) is 0 Å². The van der Waals surface area contributed by atoms with Crippen molar-refractivity contribution in [2.75, 3.05) is 5.75 Å². The van der Waals surface area contributed by atoms with Gasteiger partial charge in [-0.3, -0.25) is 4.40 Å². The number of imidazole rings is 1. The van der Waals surface area contributed by atoms with E-state index in [9.17, 15) is 0 Å². The molecule has 68 valence electrons. The van der Waals surface area contributed by atoms with Crippen molar-refractivity contribution in [3.8, 4) is 0 Å². The Morgan fingerprint density at radius 3 is 3.23 bits per heavy atom. The molecule has 2 aromatic rings. The molecule has 2 rings (SSSR count). The molecule has 3 heteroatoms. The lowest BCUT2D eigenvalue weighted by molar-refractivity contribution is 0.953. The minimum absolute atomic E-state index is 1.09. The predicted octanol–water partition coefficient (Wildman–Crippen LogP) is 2.84. The molecule has 0 amide bonds. The highest BCUT2D eigenvalue weighted by Gasteiger charge is 2.01. The van der Waals surface area contributed by atoms with Gasteiger partial charge in [0.2, 0.25) is 0 Å². The first-order valence-electron chi connectivity index (χ1n) is 4.46. The summed E-state index contributed by atoms with van der Waals surface area (Å²) in [5, 5.41) is 1.09. The third kappa shape index (κ3) is 1.70. The summed E-state index contributed by atoms with van der Waals surface area (Å²) in [5.74, 6) is 1.13. The molecule has 0 unspecified atom stereocenters. The van der Waals surface area contributed by atoms with E-state index in [0.29, 0.717) is 0 Å². The molecule has 0 N–H and O–H groups in total. The van der Waals surface area contributed by atoms with Gasteiger partial charge in [0.1, 0.15) is 0 Å². The molecule has 13 heavy (non-hydrogen) atoms. The number of thioether (sulfide) groups is 1. The van der Waals surface area contributed by atoms with Crippen LogP contribution in [0, 0.1) is 0 Å². The highest BCUT2D eigenvalue weighted by Crippen LogP contribution is 2.18. The van der Waals surface area contributed by atoms with Gasteiger partial charge in [0.05, 0.1) is 11.7 Å². The number of hydrogen-bond donors (Lipinski definition) is 0. The van der Waals surface area contributed by atoms with Crippen LogP contribution in [-0.2, 0) is 0 Å². The summed E-state index contributed by atoms with van der Waals surface area (Å²) in [4.78, 5) is 4.36. The van der Waals surface area contributed by atoms with Crippen LogP contribution in [0.15, 0.2) is 35.7 Å². The first-order chi connectivity index (χ1) is 6.42. The molecule has 2 heterocycles. The minimum Gasteiger partial charge on any atom is -0.295 e. The molecule has 0 aliphatic carbocycles. The van der Waals surface area contributed by atoms with E-state index in [1.165, 1.54) is 11.9 Å². The van der Waals surface area contributed by atoms with Crippen molar-refractivity contribution in [3.05, 3.63) is 30.6 Å². The number of hydrogen-bond acceptors (Lipinski definition) is 2. The van der Waals surface area contributed by atoms with Gasteiger partial charge in [0.15, 0.2) is 5.16 Å². The van der Waals surface area contributed by atoms with Crippen LogP contribution in [0.4, 0.5) is 0 Å². The zero-order valence-corrected chi connectivity index (χ0v) is 8.42. The van der Waals surface area contributed by atoms with Crippen LogP contribution >= 0.6 is 11.8 Å². The average Bonchev–Trinajstić information content (AvgIpc) is 2.58. The Labute approximate surface area is 82.0 Å². The number of nitrogens with zero attached hydrogens (tertiary/aromatic N) is 2. The molecule has 0 bridgehead atoms. The first kappa shape index (κ1) is 8.63. The normalized spacial score (nSPS) is 10.8. The lowest BCUT2D eigenvalue weighted by Crippen LogP contribution is -1.86. The zero-order chi connectivity index (χ0) is 9.10. The SMILES string of the molecule is CCCSc1ncc2ccccn12. The fourth-order valence-electron chi connectivity index (χ4n) is 1.22. The second-order valence-corrected chi connectivity index (χ2v) is 3.95. The van der Waals surface area contributed by atoms with Crippen molar-refractivity contribution < 1.29 is 0 Å². The summed E-state index contributed by atoms with van der Waals surface area (Å²) in [7, 11) is 0. The van der Waals surface area contributed by atoms with E-state index in [-0.39, 0.29) is 0 Å². The average molecular weight is 192 g/mol. The maximum atomic E-state index is 4.36. The number of rotatable bonds is 3. The molecule has 0 atom stereocenters. The Balaban J connectivity index is 2.35. The summed E-state index contributed by atoms with van der Waals surface area (Å²) < 4.78 is 2.13. The molecular formula is C10H12N2S. The standard InChI is InChI=1S/C10H12N2S/c1-2-7-13-10-11-8-9-5-3-4-6-12(9)10/h3-6,8H,2,7H2,1H3. The van der Waals surface area contributed by atoms with Crippen molar-refractivity contribution in [3.63, 3.8) is 0 Å². The maximum absolute atomic E-state index is 4.36. The number of aromatic nitrogens is 2. The molecule has 0 spiro atoms. The topological polar surface area (TPSA) is 17.3 Å². The summed E-state index contributed by atoms with van der Waals surface area (Å²) in [6.45, 7) is 2.18. The van der Waals surface area contributed by atoms with E-state index in [1.807, 2.05) is 30.1 Å². The largest absolute Gasteiger partial charge is 0.295 e. The van der Waals surface area contributed by atoms with Gasteiger partial charge < -0.3 is 0 Å². The van der Waals surface area contributed by atoms with Crippen molar-refractivity contribution >= 4 is 17.3 Å². The van der Waals surface area contributed by atoms with Gasteiger partial charge >= 0.3 is 0 Å². The molecule has 0 radical (unpaired) electrons. The highest BCUT2D eigenvalue weighted by molar-refractivity contribution is 7.99. The Bertz CT molecular complexity index is 394. The van der Waals surface area contributed by atoms with Gasteiger partial charge in [0, 0.05) is 11.9 Å². The van der Waals surface area contributed by atoms with Gasteiger partial charge in [-0.1, -0.05) is 24.8 Å². The second kappa shape index (κ2) is 3.83. The van der Waals surface area contributed by atoms with Crippen molar-refractivity contribution in [1.29, 1.82) is 0 Å². The summed E-state index contributed by atoms with van der Waals surface area (Å²) in [6, 6.07) is 6.14. The Morgan fingerprint density at radius 1 is 1.46 bits per heavy atom. The van der Waals surface area contributed by atoms with Crippen molar-refractivity contribution in [2.24, 2.45) is 0 Å². The van der Waals surface area contributed by atoms with E-state index in [4.69, 9.17) is 0 Å². The molecule has 0 aliphatic heterocycles. The van der Waals surface area contributed by atoms with E-state index in [2.05, 4.69) is 28.6 Å². The molecule has 0 aliphatic rings. The van der Waals surface area contributed by atoms with Crippen LogP contribution in [0.1, 0.15) is 13.3 Å². The quantitative estimate of drug-likeness (QED) is 0.696. The predicted molar refractivity (Wildman–Crippen MR) is 56.2 cm³/mol. The second-order valence-electron chi connectivity index (χ2n) is 2.88. The highest BCUT2D eigenvalue weighted by atomic mass is 32.2. The fraction of sp³-hybridized carbons (Fsp3) is 0.300. The molecule has 0 saturated carbocycles. The Morgan fingerprint density at radius 2 is 2.38 bits per heavy atom. The van der Waals surface area contributed by atoms with Crippen LogP contribution < -0.4 is 0 Å². The van der Waals surface area contributed by atoms with Gasteiger partial charge in [-0.25, -0.2) is 4.98 Å². The smallest absolute Gasteiger partial charge is 0.172 e. The van der Waals surface area contributed by atoms with E-state index in [1.54, 1.807) is 0 Å². The van der Waals surface area contributed by atoms with Crippen LogP contribution in [-0.4, -0.2) is 15.1 Å². The number of fused-ring (bicyclic) bond motifs is 1. The van der Waals surface area contributed by atoms with Crippen LogP contribution in [0.2, 0.25) is 0 Å². The molecule has 2 nitrogen and oxygen atoms in total. The molecule has 0 aromatic carbocycles. The first-order valence-corrected chi connectivity index (χ1v) is 5.45. The minimum atomic E-state index is 1.09. The molecule has 0 fully saturated rings. The van der Waals surface area contributed by atoms with Gasteiger partial charge in [0.25, 0.3) is 0 Å². The molecule has 0 saturated heterocycles. The van der Waals surface area contributed by atoms with Crippen LogP contribution in [0.5, 0.6) is 0 Å². The van der Waals surface area contributed by atoms with Crippen molar-refractivity contribution in [1.82, 2.24) is 9.38 Å². The zero-order valence-electron chi connectivity index (χ0n) is 7.60. The van der Waals surface area contributed by atoms with E-state index >= 15 is 0 Å². The van der Waals surface area contributed by atoms with Crippen LogP contribution in [0.25, 0.3) is 5.52 Å². The summed E-state index contributed by atoms with van der Waals surface area (Å²) in [5.41, 5.74) is 1.17. The maximum Gasteiger partial charge on any atom is 0.172 e. The monoisotopic (exact) mass is 192 g/mol. The third-order valence-corrected chi connectivity index (χ3v) is 3.01. The Hall–Kier alpha value is -0.960. The lowest BCUT2D eigenvalue weighted by Gasteiger charge is -1.98. The summed E-state index contributed by atoms with van der Waals surface area (Å²) in [6.07, 6.45) is 5.16. The molecular weight excluding hydrogens is 180 g/mol. The van der Waals surface area contributed by atoms with Gasteiger partial charge in [-0.15, -0.1) is 0 Å². The third-order valence-electron chi connectivity index (χ3n) is 1.84. The Kier molecular flexibility index (Phi) is 2.54. The van der Waals surface area contributed by atoms with Crippen LogP contribution in [0.3, 0.4) is 0 Å². The van der Waals surface area contributed by atoms with E-state index in [0.717, 1.165) is 10.9 Å². The summed E-state index contributed by atoms with van der Waals surface area (Å²) >= 11 is 1.81. The number of pyridine rings is 1. The van der Waals surface area contributed by atoms with Crippen molar-refractivity contribution in [2.45, 2.75) is 18.5 Å². The fourth-order valence-corrected chi connectivity index (χ4v) is 2.04. The lowest BCUT2D eigenvalue weighted by atomic mass is 10.4.